The highest BCUT2D eigenvalue weighted by atomic mass is 16.5. The average Bonchev–Trinajstić information content (AvgIpc) is 3.25. The van der Waals surface area contributed by atoms with Crippen molar-refractivity contribution in [2.24, 2.45) is 0 Å². The van der Waals surface area contributed by atoms with E-state index in [1.54, 1.807) is 37.3 Å². The number of aliphatic hydroxyl groups is 1. The second-order valence-electron chi connectivity index (χ2n) is 6.83. The normalized spacial score (nSPS) is 20.4. The van der Waals surface area contributed by atoms with Crippen molar-refractivity contribution in [3.63, 3.8) is 0 Å². The molecule has 3 atom stereocenters. The van der Waals surface area contributed by atoms with Crippen LogP contribution in [0.2, 0.25) is 0 Å². The molecule has 8 heteroatoms. The van der Waals surface area contributed by atoms with Gasteiger partial charge in [-0.15, -0.1) is 0 Å². The number of phenolic OH excluding ortho intramolecular Hbond substituents is 1. The SMILES string of the molecule is Cc1cc(C(CCc2ccc(O)cc2)C(=O)NC(=O)[C@@H]2C[C@@H](O)CN2)on1. The van der Waals surface area contributed by atoms with Gasteiger partial charge in [0, 0.05) is 12.6 Å². The van der Waals surface area contributed by atoms with E-state index in [1.165, 1.54) is 0 Å². The molecule has 8 nitrogen and oxygen atoms in total. The van der Waals surface area contributed by atoms with Crippen LogP contribution >= 0.6 is 0 Å². The average molecular weight is 373 g/mol. The number of carbonyl (C=O) groups excluding carboxylic acids is 2. The van der Waals surface area contributed by atoms with Gasteiger partial charge in [0.25, 0.3) is 0 Å². The number of carbonyl (C=O) groups is 2. The van der Waals surface area contributed by atoms with Crippen LogP contribution in [0.15, 0.2) is 34.9 Å². The van der Waals surface area contributed by atoms with Crippen molar-refractivity contribution in [1.82, 2.24) is 15.8 Å². The number of phenols is 1. The molecule has 1 unspecified atom stereocenters. The Bertz CT molecular complexity index is 802. The fourth-order valence-corrected chi connectivity index (χ4v) is 3.14. The van der Waals surface area contributed by atoms with Gasteiger partial charge in [0.2, 0.25) is 11.8 Å². The fourth-order valence-electron chi connectivity index (χ4n) is 3.14. The Morgan fingerprint density at radius 3 is 2.70 bits per heavy atom. The molecule has 0 radical (unpaired) electrons. The molecule has 4 N–H and O–H groups in total. The lowest BCUT2D eigenvalue weighted by atomic mass is 9.95. The van der Waals surface area contributed by atoms with Crippen molar-refractivity contribution in [3.05, 3.63) is 47.3 Å². The van der Waals surface area contributed by atoms with E-state index in [0.717, 1.165) is 5.56 Å². The highest BCUT2D eigenvalue weighted by molar-refractivity contribution is 6.00. The minimum Gasteiger partial charge on any atom is -0.508 e. The molecule has 2 amide bonds. The summed E-state index contributed by atoms with van der Waals surface area (Å²) < 4.78 is 5.26. The number of β-amino-alcohol motifs (C(OH)–C–C–N with tert-alkyl or cyclic N) is 1. The Kier molecular flexibility index (Phi) is 5.88. The number of aromatic hydroxyl groups is 1. The van der Waals surface area contributed by atoms with Crippen molar-refractivity contribution >= 4 is 11.8 Å². The number of hydrogen-bond acceptors (Lipinski definition) is 7. The molecule has 3 rings (SSSR count). The minimum atomic E-state index is -0.671. The summed E-state index contributed by atoms with van der Waals surface area (Å²) in [5.74, 6) is -1.01. The van der Waals surface area contributed by atoms with Crippen LogP contribution in [0.5, 0.6) is 5.75 Å². The van der Waals surface area contributed by atoms with Crippen molar-refractivity contribution in [2.75, 3.05) is 6.54 Å². The van der Waals surface area contributed by atoms with Gasteiger partial charge in [0.15, 0.2) is 0 Å². The Morgan fingerprint density at radius 2 is 2.11 bits per heavy atom. The summed E-state index contributed by atoms with van der Waals surface area (Å²) in [6, 6.07) is 7.84. The van der Waals surface area contributed by atoms with Crippen LogP contribution in [-0.2, 0) is 16.0 Å². The number of aliphatic hydroxyl groups excluding tert-OH is 1. The summed E-state index contributed by atoms with van der Waals surface area (Å²) in [4.78, 5) is 25.0. The number of hydrogen-bond donors (Lipinski definition) is 4. The van der Waals surface area contributed by atoms with E-state index in [0.29, 0.717) is 30.8 Å². The lowest BCUT2D eigenvalue weighted by molar-refractivity contribution is -0.132. The molecule has 0 saturated carbocycles. The molecule has 1 aromatic carbocycles. The van der Waals surface area contributed by atoms with Crippen molar-refractivity contribution < 1.29 is 24.3 Å². The maximum Gasteiger partial charge on any atom is 0.243 e. The standard InChI is InChI=1S/C19H23N3O5/c1-11-8-17(27-22-11)15(7-4-12-2-5-13(23)6-3-12)18(25)21-19(26)16-9-14(24)10-20-16/h2-3,5-6,8,14-16,20,23-24H,4,7,9-10H2,1H3,(H,21,25,26)/t14-,15?,16+/m1/s1. The lowest BCUT2D eigenvalue weighted by Gasteiger charge is -2.16. The predicted octanol–water partition coefficient (Wildman–Crippen LogP) is 0.771. The van der Waals surface area contributed by atoms with E-state index in [4.69, 9.17) is 4.52 Å². The molecule has 2 aromatic rings. The number of nitrogens with one attached hydrogen (secondary N) is 2. The van der Waals surface area contributed by atoms with Crippen LogP contribution in [-0.4, -0.2) is 45.9 Å². The summed E-state index contributed by atoms with van der Waals surface area (Å²) in [5.41, 5.74) is 1.60. The number of benzene rings is 1. The second kappa shape index (κ2) is 8.32. The van der Waals surface area contributed by atoms with Crippen LogP contribution in [0.3, 0.4) is 0 Å². The molecule has 0 bridgehead atoms. The zero-order valence-electron chi connectivity index (χ0n) is 15.0. The number of aryl methyl sites for hydroxylation is 2. The highest BCUT2D eigenvalue weighted by Crippen LogP contribution is 2.24. The largest absolute Gasteiger partial charge is 0.508 e. The van der Waals surface area contributed by atoms with Gasteiger partial charge in [-0.1, -0.05) is 17.3 Å². The number of imide groups is 1. The van der Waals surface area contributed by atoms with E-state index in [1.807, 2.05) is 0 Å². The van der Waals surface area contributed by atoms with Crippen molar-refractivity contribution in [3.8, 4) is 5.75 Å². The van der Waals surface area contributed by atoms with Gasteiger partial charge in [-0.05, 0) is 43.9 Å². The zero-order chi connectivity index (χ0) is 19.4. The number of aromatic nitrogens is 1. The summed E-state index contributed by atoms with van der Waals surface area (Å²) >= 11 is 0. The topological polar surface area (TPSA) is 125 Å². The Balaban J connectivity index is 1.68. The lowest BCUT2D eigenvalue weighted by Crippen LogP contribution is -2.44. The number of nitrogens with zero attached hydrogens (tertiary/aromatic N) is 1. The van der Waals surface area contributed by atoms with Gasteiger partial charge >= 0.3 is 0 Å². The first kappa shape index (κ1) is 19.1. The van der Waals surface area contributed by atoms with Crippen LogP contribution in [0, 0.1) is 6.92 Å². The fraction of sp³-hybridized carbons (Fsp3) is 0.421. The third-order valence-electron chi connectivity index (χ3n) is 4.63. The first-order valence-corrected chi connectivity index (χ1v) is 8.89. The van der Waals surface area contributed by atoms with E-state index < -0.39 is 29.9 Å². The summed E-state index contributed by atoms with van der Waals surface area (Å²) in [5, 5.41) is 28.0. The quantitative estimate of drug-likeness (QED) is 0.589. The molecule has 1 fully saturated rings. The molecule has 144 valence electrons. The van der Waals surface area contributed by atoms with E-state index in [-0.39, 0.29) is 12.2 Å². The molecule has 2 heterocycles. The number of rotatable bonds is 6. The maximum absolute atomic E-state index is 12.7. The van der Waals surface area contributed by atoms with Crippen molar-refractivity contribution in [1.29, 1.82) is 0 Å². The van der Waals surface area contributed by atoms with Gasteiger partial charge in [-0.3, -0.25) is 14.9 Å². The summed E-state index contributed by atoms with van der Waals surface area (Å²) in [6.07, 6.45) is 0.669. The molecular formula is C19H23N3O5. The second-order valence-corrected chi connectivity index (χ2v) is 6.83. The number of amides is 2. The van der Waals surface area contributed by atoms with E-state index in [2.05, 4.69) is 15.8 Å². The first-order valence-electron chi connectivity index (χ1n) is 8.89. The molecule has 1 saturated heterocycles. The van der Waals surface area contributed by atoms with Gasteiger partial charge in [-0.2, -0.15) is 0 Å². The molecule has 1 aliphatic rings. The van der Waals surface area contributed by atoms with Gasteiger partial charge < -0.3 is 20.1 Å². The Labute approximate surface area is 156 Å². The third-order valence-corrected chi connectivity index (χ3v) is 4.63. The molecule has 1 aliphatic heterocycles. The molecule has 27 heavy (non-hydrogen) atoms. The summed E-state index contributed by atoms with van der Waals surface area (Å²) in [7, 11) is 0. The predicted molar refractivity (Wildman–Crippen MR) is 96.0 cm³/mol. The van der Waals surface area contributed by atoms with Crippen molar-refractivity contribution in [2.45, 2.75) is 44.2 Å². The van der Waals surface area contributed by atoms with Crippen LogP contribution in [0.4, 0.5) is 0 Å². The first-order chi connectivity index (χ1) is 12.9. The van der Waals surface area contributed by atoms with E-state index in [9.17, 15) is 19.8 Å². The molecule has 0 aliphatic carbocycles. The minimum absolute atomic E-state index is 0.177. The smallest absolute Gasteiger partial charge is 0.243 e. The Hall–Kier alpha value is -2.71. The van der Waals surface area contributed by atoms with Gasteiger partial charge in [-0.25, -0.2) is 0 Å². The van der Waals surface area contributed by atoms with Crippen LogP contribution in [0.1, 0.15) is 35.8 Å². The molecule has 0 spiro atoms. The van der Waals surface area contributed by atoms with Crippen LogP contribution < -0.4 is 10.6 Å². The maximum atomic E-state index is 12.7. The Morgan fingerprint density at radius 1 is 1.37 bits per heavy atom. The molecule has 1 aromatic heterocycles. The zero-order valence-corrected chi connectivity index (χ0v) is 15.0. The van der Waals surface area contributed by atoms with E-state index >= 15 is 0 Å². The van der Waals surface area contributed by atoms with Crippen LogP contribution in [0.25, 0.3) is 0 Å². The third kappa shape index (κ3) is 4.93. The van der Waals surface area contributed by atoms with Gasteiger partial charge in [0.1, 0.15) is 11.5 Å². The molecular weight excluding hydrogens is 350 g/mol. The highest BCUT2D eigenvalue weighted by Gasteiger charge is 2.32. The van der Waals surface area contributed by atoms with Gasteiger partial charge in [0.05, 0.1) is 23.8 Å². The monoisotopic (exact) mass is 373 g/mol. The summed E-state index contributed by atoms with van der Waals surface area (Å²) in [6.45, 7) is 2.09.